The molecule has 18 heavy (non-hydrogen) atoms. The highest BCUT2D eigenvalue weighted by Crippen LogP contribution is 2.31. The molecule has 0 aromatic carbocycles. The van der Waals surface area contributed by atoms with Gasteiger partial charge < -0.3 is 15.5 Å². The SMILES string of the molecule is CC(C)C(CCO)NC(=O)C1CCC(C(=O)O)C1. The molecule has 0 aliphatic heterocycles. The van der Waals surface area contributed by atoms with E-state index in [1.54, 1.807) is 0 Å². The number of aliphatic hydroxyl groups excluding tert-OH is 1. The van der Waals surface area contributed by atoms with Crippen molar-refractivity contribution in [3.05, 3.63) is 0 Å². The molecular formula is C13H23NO4. The second-order valence-corrected chi connectivity index (χ2v) is 5.42. The molecule has 3 unspecified atom stereocenters. The largest absolute Gasteiger partial charge is 0.481 e. The van der Waals surface area contributed by atoms with Crippen LogP contribution >= 0.6 is 0 Å². The molecule has 0 bridgehead atoms. The highest BCUT2D eigenvalue weighted by atomic mass is 16.4. The molecule has 1 amide bonds. The van der Waals surface area contributed by atoms with Gasteiger partial charge in [0.1, 0.15) is 0 Å². The Morgan fingerprint density at radius 2 is 1.89 bits per heavy atom. The molecule has 3 atom stereocenters. The topological polar surface area (TPSA) is 86.6 Å². The molecule has 1 aliphatic rings. The smallest absolute Gasteiger partial charge is 0.306 e. The highest BCUT2D eigenvalue weighted by molar-refractivity contribution is 5.81. The first kappa shape index (κ1) is 15.0. The standard InChI is InChI=1S/C13H23NO4/c1-8(2)11(5-6-15)14-12(16)9-3-4-10(7-9)13(17)18/h8-11,15H,3-7H2,1-2H3,(H,14,16)(H,17,18). The Kier molecular flexibility index (Phi) is 5.59. The lowest BCUT2D eigenvalue weighted by Gasteiger charge is -2.23. The van der Waals surface area contributed by atoms with E-state index in [-0.39, 0.29) is 36.3 Å². The predicted molar refractivity (Wildman–Crippen MR) is 66.9 cm³/mol. The summed E-state index contributed by atoms with van der Waals surface area (Å²) in [5, 5.41) is 20.8. The molecule has 5 heteroatoms. The molecule has 0 aromatic heterocycles. The number of nitrogens with one attached hydrogen (secondary N) is 1. The monoisotopic (exact) mass is 257 g/mol. The third-order valence-electron chi connectivity index (χ3n) is 3.73. The van der Waals surface area contributed by atoms with Gasteiger partial charge in [0.15, 0.2) is 0 Å². The normalized spacial score (nSPS) is 25.1. The summed E-state index contributed by atoms with van der Waals surface area (Å²) in [5.74, 6) is -1.17. The third kappa shape index (κ3) is 3.98. The number of carboxylic acids is 1. The Morgan fingerprint density at radius 3 is 2.33 bits per heavy atom. The summed E-state index contributed by atoms with van der Waals surface area (Å²) in [7, 11) is 0. The molecule has 0 aromatic rings. The number of rotatable bonds is 6. The van der Waals surface area contributed by atoms with Crippen LogP contribution in [0.5, 0.6) is 0 Å². The third-order valence-corrected chi connectivity index (χ3v) is 3.73. The van der Waals surface area contributed by atoms with Crippen LogP contribution in [-0.2, 0) is 9.59 Å². The van der Waals surface area contributed by atoms with Gasteiger partial charge in [-0.15, -0.1) is 0 Å². The van der Waals surface area contributed by atoms with Gasteiger partial charge in [-0.3, -0.25) is 9.59 Å². The minimum absolute atomic E-state index is 0.0358. The van der Waals surface area contributed by atoms with Crippen LogP contribution < -0.4 is 5.32 Å². The van der Waals surface area contributed by atoms with E-state index in [0.29, 0.717) is 25.7 Å². The van der Waals surface area contributed by atoms with Crippen molar-refractivity contribution < 1.29 is 19.8 Å². The summed E-state index contributed by atoms with van der Waals surface area (Å²) >= 11 is 0. The van der Waals surface area contributed by atoms with Gasteiger partial charge in [0.2, 0.25) is 5.91 Å². The van der Waals surface area contributed by atoms with Gasteiger partial charge in [0, 0.05) is 18.6 Å². The number of aliphatic carboxylic acids is 1. The Bertz CT molecular complexity index is 303. The minimum Gasteiger partial charge on any atom is -0.481 e. The molecule has 3 N–H and O–H groups in total. The van der Waals surface area contributed by atoms with Crippen LogP contribution in [0.4, 0.5) is 0 Å². The van der Waals surface area contributed by atoms with Gasteiger partial charge >= 0.3 is 5.97 Å². The molecule has 0 spiro atoms. The second kappa shape index (κ2) is 6.73. The van der Waals surface area contributed by atoms with Crippen molar-refractivity contribution in [3.63, 3.8) is 0 Å². The van der Waals surface area contributed by atoms with Gasteiger partial charge in [-0.25, -0.2) is 0 Å². The van der Waals surface area contributed by atoms with E-state index in [9.17, 15) is 9.59 Å². The van der Waals surface area contributed by atoms with Crippen molar-refractivity contribution in [3.8, 4) is 0 Å². The summed E-state index contributed by atoms with van der Waals surface area (Å²) in [4.78, 5) is 22.9. The lowest BCUT2D eigenvalue weighted by Crippen LogP contribution is -2.42. The summed E-state index contributed by atoms with van der Waals surface area (Å²) in [6, 6.07) is -0.0358. The van der Waals surface area contributed by atoms with Crippen LogP contribution in [0, 0.1) is 17.8 Å². The quantitative estimate of drug-likeness (QED) is 0.663. The van der Waals surface area contributed by atoms with E-state index >= 15 is 0 Å². The number of carbonyl (C=O) groups excluding carboxylic acids is 1. The van der Waals surface area contributed by atoms with E-state index in [0.717, 1.165) is 0 Å². The number of carboxylic acid groups (broad SMARTS) is 1. The number of hydrogen-bond donors (Lipinski definition) is 3. The fraction of sp³-hybridized carbons (Fsp3) is 0.846. The van der Waals surface area contributed by atoms with E-state index in [2.05, 4.69) is 5.32 Å². The fourth-order valence-electron chi connectivity index (χ4n) is 2.46. The minimum atomic E-state index is -0.805. The maximum absolute atomic E-state index is 12.0. The van der Waals surface area contributed by atoms with Crippen molar-refractivity contribution in [1.29, 1.82) is 0 Å². The van der Waals surface area contributed by atoms with Crippen molar-refractivity contribution >= 4 is 11.9 Å². The molecular weight excluding hydrogens is 234 g/mol. The predicted octanol–water partition coefficient (Wildman–Crippen LogP) is 1.01. The molecule has 1 rings (SSSR count). The van der Waals surface area contributed by atoms with Crippen LogP contribution in [0.1, 0.15) is 39.5 Å². The van der Waals surface area contributed by atoms with Crippen LogP contribution in [-0.4, -0.2) is 34.7 Å². The lowest BCUT2D eigenvalue weighted by atomic mass is 9.99. The molecule has 104 valence electrons. The van der Waals surface area contributed by atoms with Gasteiger partial charge in [-0.2, -0.15) is 0 Å². The zero-order chi connectivity index (χ0) is 13.7. The fourth-order valence-corrected chi connectivity index (χ4v) is 2.46. The van der Waals surface area contributed by atoms with Crippen LogP contribution in [0.25, 0.3) is 0 Å². The number of amides is 1. The Balaban J connectivity index is 2.47. The van der Waals surface area contributed by atoms with Crippen molar-refractivity contribution in [2.24, 2.45) is 17.8 Å². The summed E-state index contributed by atoms with van der Waals surface area (Å²) in [6.45, 7) is 4.04. The first-order chi connectivity index (χ1) is 8.45. The average molecular weight is 257 g/mol. The zero-order valence-corrected chi connectivity index (χ0v) is 11.1. The van der Waals surface area contributed by atoms with Crippen molar-refractivity contribution in [2.45, 2.75) is 45.6 Å². The van der Waals surface area contributed by atoms with Crippen molar-refractivity contribution in [1.82, 2.24) is 5.32 Å². The molecule has 0 radical (unpaired) electrons. The summed E-state index contributed by atoms with van der Waals surface area (Å²) in [5.41, 5.74) is 0. The molecule has 5 nitrogen and oxygen atoms in total. The highest BCUT2D eigenvalue weighted by Gasteiger charge is 2.34. The number of aliphatic hydroxyl groups is 1. The van der Waals surface area contributed by atoms with Crippen LogP contribution in [0.2, 0.25) is 0 Å². The molecule has 1 aliphatic carbocycles. The first-order valence-electron chi connectivity index (χ1n) is 6.59. The molecule has 1 saturated carbocycles. The molecule has 1 fully saturated rings. The van der Waals surface area contributed by atoms with Crippen LogP contribution in [0.3, 0.4) is 0 Å². The van der Waals surface area contributed by atoms with E-state index in [1.165, 1.54) is 0 Å². The summed E-state index contributed by atoms with van der Waals surface area (Å²) in [6.07, 6.45) is 2.20. The lowest BCUT2D eigenvalue weighted by molar-refractivity contribution is -0.141. The molecule has 0 saturated heterocycles. The van der Waals surface area contributed by atoms with E-state index in [4.69, 9.17) is 10.2 Å². The first-order valence-corrected chi connectivity index (χ1v) is 6.59. The van der Waals surface area contributed by atoms with Gasteiger partial charge in [-0.05, 0) is 31.6 Å². The van der Waals surface area contributed by atoms with Gasteiger partial charge in [0.05, 0.1) is 5.92 Å². The average Bonchev–Trinajstić information content (AvgIpc) is 2.77. The zero-order valence-electron chi connectivity index (χ0n) is 11.1. The maximum Gasteiger partial charge on any atom is 0.306 e. The Labute approximate surface area is 108 Å². The van der Waals surface area contributed by atoms with Gasteiger partial charge in [0.25, 0.3) is 0 Å². The number of hydrogen-bond acceptors (Lipinski definition) is 3. The van der Waals surface area contributed by atoms with E-state index in [1.807, 2.05) is 13.8 Å². The van der Waals surface area contributed by atoms with Crippen molar-refractivity contribution in [2.75, 3.05) is 6.61 Å². The van der Waals surface area contributed by atoms with Gasteiger partial charge in [-0.1, -0.05) is 13.8 Å². The van der Waals surface area contributed by atoms with Crippen LogP contribution in [0.15, 0.2) is 0 Å². The summed E-state index contributed by atoms with van der Waals surface area (Å²) < 4.78 is 0. The molecule has 0 heterocycles. The Hall–Kier alpha value is -1.10. The van der Waals surface area contributed by atoms with E-state index < -0.39 is 5.97 Å². The maximum atomic E-state index is 12.0. The Morgan fingerprint density at radius 1 is 1.28 bits per heavy atom. The second-order valence-electron chi connectivity index (χ2n) is 5.42. The number of carbonyl (C=O) groups is 2.